The fourth-order valence-electron chi connectivity index (χ4n) is 3.10. The van der Waals surface area contributed by atoms with E-state index in [9.17, 15) is 28.8 Å². The Morgan fingerprint density at radius 3 is 2.61 bits per heavy atom. The van der Waals surface area contributed by atoms with Crippen LogP contribution >= 0.6 is 22.4 Å². The molecule has 2 unspecified atom stereocenters. The van der Waals surface area contributed by atoms with Crippen molar-refractivity contribution >= 4 is 40.0 Å². The molecule has 0 aromatic carbocycles. The Morgan fingerprint density at radius 2 is 2.00 bits per heavy atom. The van der Waals surface area contributed by atoms with Gasteiger partial charge in [-0.3, -0.25) is 4.57 Å². The highest BCUT2D eigenvalue weighted by molar-refractivity contribution is 8.08. The number of nitrogen functional groups attached to an aromatic ring is 1. The first-order chi connectivity index (χ1) is 14.1. The zero-order valence-electron chi connectivity index (χ0n) is 15.2. The number of aliphatic hydroxyl groups is 1. The minimum absolute atomic E-state index is 0.00339. The summed E-state index contributed by atoms with van der Waals surface area (Å²) in [7, 11) is -11.0. The third kappa shape index (κ3) is 5.85. The Balaban J connectivity index is 1.76. The molecule has 0 amide bonds. The van der Waals surface area contributed by atoms with Crippen molar-refractivity contribution < 1.29 is 56.4 Å². The first kappa shape index (κ1) is 25.0. The van der Waals surface area contributed by atoms with Crippen LogP contribution in [-0.2, 0) is 43.6 Å². The largest absolute Gasteiger partial charge is 0.488 e. The van der Waals surface area contributed by atoms with Crippen LogP contribution in [0.2, 0.25) is 0 Å². The molecule has 7 N–H and O–H groups in total. The lowest BCUT2D eigenvalue weighted by Gasteiger charge is -2.35. The van der Waals surface area contributed by atoms with Gasteiger partial charge in [0.15, 0.2) is 6.23 Å². The lowest BCUT2D eigenvalue weighted by atomic mass is 9.90. The molecule has 3 heterocycles. The van der Waals surface area contributed by atoms with Gasteiger partial charge in [-0.05, 0) is 17.9 Å². The van der Waals surface area contributed by atoms with Gasteiger partial charge in [-0.25, -0.2) is 18.2 Å². The van der Waals surface area contributed by atoms with Crippen molar-refractivity contribution in [2.24, 2.45) is 0 Å². The van der Waals surface area contributed by atoms with Crippen LogP contribution in [0.25, 0.3) is 0 Å². The van der Waals surface area contributed by atoms with Gasteiger partial charge >= 0.3 is 28.1 Å². The zero-order valence-corrected chi connectivity index (χ0v) is 18.7. The van der Waals surface area contributed by atoms with Crippen LogP contribution in [0.5, 0.6) is 0 Å². The smallest absolute Gasteiger partial charge is 0.387 e. The third-order valence-corrected chi connectivity index (χ3v) is 9.03. The van der Waals surface area contributed by atoms with Crippen LogP contribution in [0, 0.1) is 0 Å². The molecule has 2 fully saturated rings. The SMILES string of the molecule is Nc1ccn([C@@H]2O[C@@]3(COP(O)(=S)OP(=O)(O)OP(=O)(O)O)CCO[C@@H]2[C@@H]3O)c(=O)n1. The number of hydrogen-bond acceptors (Lipinski definition) is 12. The van der Waals surface area contributed by atoms with Gasteiger partial charge in [0, 0.05) is 12.6 Å². The lowest BCUT2D eigenvalue weighted by Crippen LogP contribution is -2.51. The number of aromatic nitrogens is 2. The first-order valence-corrected chi connectivity index (χ1v) is 13.9. The number of nitrogens with two attached hydrogens (primary N) is 1. The Hall–Kier alpha value is -0.610. The van der Waals surface area contributed by atoms with Crippen LogP contribution in [0.3, 0.4) is 0 Å². The zero-order chi connectivity index (χ0) is 23.2. The maximum atomic E-state index is 12.1. The Morgan fingerprint density at radius 1 is 1.32 bits per heavy atom. The van der Waals surface area contributed by atoms with E-state index >= 15 is 0 Å². The fraction of sp³-hybridized carbons (Fsp3) is 0.636. The van der Waals surface area contributed by atoms with Crippen LogP contribution in [-0.4, -0.2) is 65.3 Å². The van der Waals surface area contributed by atoms with Gasteiger partial charge in [-0.1, -0.05) is 0 Å². The maximum Gasteiger partial charge on any atom is 0.488 e. The van der Waals surface area contributed by atoms with Gasteiger partial charge in [-0.15, -0.1) is 0 Å². The van der Waals surface area contributed by atoms with Crippen LogP contribution in [0.15, 0.2) is 17.1 Å². The Kier molecular flexibility index (Phi) is 6.97. The van der Waals surface area contributed by atoms with Crippen LogP contribution in [0.4, 0.5) is 5.82 Å². The summed E-state index contributed by atoms with van der Waals surface area (Å²) in [6, 6.07) is 1.32. The normalized spacial score (nSPS) is 32.4. The second kappa shape index (κ2) is 8.63. The number of phosphoric acid groups is 2. The third-order valence-electron chi connectivity index (χ3n) is 4.34. The highest BCUT2D eigenvalue weighted by Gasteiger charge is 2.59. The van der Waals surface area contributed by atoms with Gasteiger partial charge in [0.05, 0.1) is 13.2 Å². The number of ether oxygens (including phenoxy) is 2. The second-order valence-corrected chi connectivity index (χ2v) is 12.3. The average Bonchev–Trinajstić information content (AvgIpc) is 2.73. The molecular weight excluding hydrogens is 507 g/mol. The summed E-state index contributed by atoms with van der Waals surface area (Å²) in [6.07, 6.45) is -2.30. The van der Waals surface area contributed by atoms with Crippen LogP contribution < -0.4 is 11.4 Å². The molecule has 31 heavy (non-hydrogen) atoms. The molecule has 3 rings (SSSR count). The van der Waals surface area contributed by atoms with Crippen molar-refractivity contribution in [3.05, 3.63) is 22.7 Å². The summed E-state index contributed by atoms with van der Waals surface area (Å²) in [5, 5.41) is 10.7. The van der Waals surface area contributed by atoms with E-state index in [0.717, 1.165) is 4.57 Å². The summed E-state index contributed by atoms with van der Waals surface area (Å²) >= 11 is 4.57. The molecule has 0 radical (unpaired) electrons. The van der Waals surface area contributed by atoms with E-state index in [1.54, 1.807) is 0 Å². The molecule has 20 heteroatoms. The summed E-state index contributed by atoms with van der Waals surface area (Å²) in [6.45, 7) is -5.26. The van der Waals surface area contributed by atoms with Gasteiger partial charge < -0.3 is 44.4 Å². The standard InChI is InChI=1S/C11H18N3O13P3S/c12-6-1-3-14(10(16)13-6)9-7-8(15)11(25-9,2-4-23-7)5-24-30(22,31)27-29(20,21)26-28(17,18)19/h1,3,7-9,15H,2,4-5H2,(H,20,21)(H,22,31)(H2,12,13,16)(H2,17,18,19)/t7-,8+,9-,11-,30?/m1/s1. The minimum atomic E-state index is -5.50. The molecule has 1 aromatic rings. The quantitative estimate of drug-likeness (QED) is 0.216. The number of hydrogen-bond donors (Lipinski definition) is 6. The van der Waals surface area contributed by atoms with E-state index in [0.29, 0.717) is 0 Å². The summed E-state index contributed by atoms with van der Waals surface area (Å²) in [5.41, 5.74) is 3.10. The van der Waals surface area contributed by atoms with E-state index in [2.05, 4.69) is 25.4 Å². The molecule has 2 saturated heterocycles. The first-order valence-electron chi connectivity index (χ1n) is 8.24. The van der Waals surface area contributed by atoms with E-state index in [1.807, 2.05) is 0 Å². The van der Waals surface area contributed by atoms with Crippen molar-refractivity contribution in [3.63, 3.8) is 0 Å². The molecule has 2 aliphatic rings. The highest BCUT2D eigenvalue weighted by Crippen LogP contribution is 2.66. The number of nitrogens with zero attached hydrogens (tertiary/aromatic N) is 2. The molecule has 6 atom stereocenters. The topological polar surface area (TPSA) is 242 Å². The van der Waals surface area contributed by atoms with Crippen molar-refractivity contribution in [1.82, 2.24) is 9.55 Å². The van der Waals surface area contributed by atoms with E-state index in [1.165, 1.54) is 12.3 Å². The molecular formula is C11H18N3O13P3S. The predicted octanol–water partition coefficient (Wildman–Crippen LogP) is -1.30. The second-order valence-electron chi connectivity index (χ2n) is 6.51. The Labute approximate surface area is 178 Å². The fourth-order valence-corrected chi connectivity index (χ4v) is 7.09. The van der Waals surface area contributed by atoms with E-state index in [-0.39, 0.29) is 18.8 Å². The lowest BCUT2D eigenvalue weighted by molar-refractivity contribution is -0.140. The molecule has 0 saturated carbocycles. The number of rotatable bonds is 8. The minimum Gasteiger partial charge on any atom is -0.387 e. The molecule has 0 aliphatic carbocycles. The molecule has 16 nitrogen and oxygen atoms in total. The van der Waals surface area contributed by atoms with E-state index in [4.69, 9.17) is 29.5 Å². The number of fused-ring (bicyclic) bond motifs is 2. The van der Waals surface area contributed by atoms with Gasteiger partial charge in [0.25, 0.3) is 0 Å². The van der Waals surface area contributed by atoms with Crippen LogP contribution in [0.1, 0.15) is 12.6 Å². The monoisotopic (exact) mass is 525 g/mol. The highest BCUT2D eigenvalue weighted by atomic mass is 32.5. The van der Waals surface area contributed by atoms with Gasteiger partial charge in [0.1, 0.15) is 23.6 Å². The summed E-state index contributed by atoms with van der Waals surface area (Å²) < 4.78 is 47.3. The van der Waals surface area contributed by atoms with Gasteiger partial charge in [0.2, 0.25) is 0 Å². The molecule has 176 valence electrons. The summed E-state index contributed by atoms with van der Waals surface area (Å²) in [5.74, 6) is -0.0363. The average molecular weight is 525 g/mol. The van der Waals surface area contributed by atoms with Gasteiger partial charge in [-0.2, -0.15) is 9.29 Å². The van der Waals surface area contributed by atoms with E-state index < -0.39 is 58.7 Å². The summed E-state index contributed by atoms with van der Waals surface area (Å²) in [4.78, 5) is 52.2. The number of anilines is 1. The molecule has 2 aliphatic heterocycles. The predicted molar refractivity (Wildman–Crippen MR) is 103 cm³/mol. The van der Waals surface area contributed by atoms with Crippen molar-refractivity contribution in [2.75, 3.05) is 18.9 Å². The van der Waals surface area contributed by atoms with Crippen molar-refractivity contribution in [1.29, 1.82) is 0 Å². The Bertz CT molecular complexity index is 1050. The molecule has 0 spiro atoms. The molecule has 2 bridgehead atoms. The molecule has 1 aromatic heterocycles. The maximum absolute atomic E-state index is 12.1. The van der Waals surface area contributed by atoms with Crippen molar-refractivity contribution in [2.45, 2.75) is 30.5 Å². The number of aliphatic hydroxyl groups excluding tert-OH is 1. The van der Waals surface area contributed by atoms with Crippen molar-refractivity contribution in [3.8, 4) is 0 Å².